The predicted octanol–water partition coefficient (Wildman–Crippen LogP) is 3.84. The molecule has 0 radical (unpaired) electrons. The Hall–Kier alpha value is -2.10. The molecule has 0 aliphatic heterocycles. The average molecular weight is 263 g/mol. The lowest BCUT2D eigenvalue weighted by Crippen LogP contribution is -1.98. The number of aryl methyl sites for hydroxylation is 2. The third kappa shape index (κ3) is 2.38. The van der Waals surface area contributed by atoms with Crippen molar-refractivity contribution in [3.63, 3.8) is 0 Å². The van der Waals surface area contributed by atoms with Crippen molar-refractivity contribution in [2.45, 2.75) is 13.8 Å². The van der Waals surface area contributed by atoms with E-state index in [1.54, 1.807) is 6.07 Å². The van der Waals surface area contributed by atoms with Gasteiger partial charge in [-0.25, -0.2) is 8.78 Å². The normalized spacial score (nSPS) is 10.6. The summed E-state index contributed by atoms with van der Waals surface area (Å²) < 4.78 is 32.8. The average Bonchev–Trinajstić information content (AvgIpc) is 2.33. The van der Waals surface area contributed by atoms with Gasteiger partial charge in [0.25, 0.3) is 0 Å². The van der Waals surface area contributed by atoms with Crippen LogP contribution in [0.1, 0.15) is 11.1 Å². The fraction of sp³-hybridized carbons (Fsp3) is 0.200. The van der Waals surface area contributed by atoms with Crippen molar-refractivity contribution in [1.29, 1.82) is 0 Å². The Kier molecular flexibility index (Phi) is 3.42. The molecule has 0 aliphatic rings. The van der Waals surface area contributed by atoms with Crippen molar-refractivity contribution in [3.05, 3.63) is 47.0 Å². The minimum Gasteiger partial charge on any atom is -0.496 e. The number of nitrogens with two attached hydrogens (primary N) is 1. The van der Waals surface area contributed by atoms with Gasteiger partial charge in [0.05, 0.1) is 12.8 Å². The lowest BCUT2D eigenvalue weighted by molar-refractivity contribution is 0.415. The van der Waals surface area contributed by atoms with Gasteiger partial charge in [-0.1, -0.05) is 6.07 Å². The summed E-state index contributed by atoms with van der Waals surface area (Å²) in [4.78, 5) is 0. The van der Waals surface area contributed by atoms with Crippen molar-refractivity contribution in [1.82, 2.24) is 0 Å². The Morgan fingerprint density at radius 1 is 1.00 bits per heavy atom. The number of hydrogen-bond acceptors (Lipinski definition) is 2. The van der Waals surface area contributed by atoms with Gasteiger partial charge in [-0.3, -0.25) is 0 Å². The molecule has 0 unspecified atom stereocenters. The molecule has 2 aromatic rings. The second kappa shape index (κ2) is 4.88. The van der Waals surface area contributed by atoms with E-state index in [0.717, 1.165) is 23.3 Å². The van der Waals surface area contributed by atoms with Crippen LogP contribution in [0.25, 0.3) is 11.1 Å². The Balaban J connectivity index is 2.75. The summed E-state index contributed by atoms with van der Waals surface area (Å²) in [6.45, 7) is 3.75. The van der Waals surface area contributed by atoms with Crippen molar-refractivity contribution in [2.24, 2.45) is 0 Å². The van der Waals surface area contributed by atoms with E-state index in [-0.39, 0.29) is 11.3 Å². The Morgan fingerprint density at radius 3 is 2.32 bits per heavy atom. The molecule has 2 N–H and O–H groups in total. The molecule has 2 nitrogen and oxygen atoms in total. The Morgan fingerprint density at radius 2 is 1.68 bits per heavy atom. The summed E-state index contributed by atoms with van der Waals surface area (Å²) in [5, 5.41) is 0. The van der Waals surface area contributed by atoms with Crippen LogP contribution in [0.2, 0.25) is 0 Å². The first kappa shape index (κ1) is 13.3. The Labute approximate surface area is 110 Å². The first-order valence-corrected chi connectivity index (χ1v) is 5.84. The third-order valence-electron chi connectivity index (χ3n) is 3.02. The van der Waals surface area contributed by atoms with Gasteiger partial charge in [0.1, 0.15) is 17.4 Å². The lowest BCUT2D eigenvalue weighted by Gasteiger charge is -2.14. The number of benzene rings is 2. The number of halogens is 2. The maximum absolute atomic E-state index is 14.0. The standard InChI is InChI=1S/C15H15F2NO/c1-8-4-9(2)15(14(5-8)19-3)10-6-12(17)13(18)7-11(10)16/h4-7H,18H2,1-3H3. The smallest absolute Gasteiger partial charge is 0.146 e. The quantitative estimate of drug-likeness (QED) is 0.835. The van der Waals surface area contributed by atoms with Crippen molar-refractivity contribution in [2.75, 3.05) is 12.8 Å². The number of methoxy groups -OCH3 is 1. The zero-order chi connectivity index (χ0) is 14.2. The Bertz CT molecular complexity index is 639. The zero-order valence-electron chi connectivity index (χ0n) is 11.1. The molecule has 4 heteroatoms. The van der Waals surface area contributed by atoms with Crippen LogP contribution in [0.3, 0.4) is 0 Å². The number of hydrogen-bond donors (Lipinski definition) is 1. The summed E-state index contributed by atoms with van der Waals surface area (Å²) in [7, 11) is 1.50. The monoisotopic (exact) mass is 263 g/mol. The van der Waals surface area contributed by atoms with E-state index in [4.69, 9.17) is 10.5 Å². The molecule has 0 heterocycles. The topological polar surface area (TPSA) is 35.2 Å². The molecular weight excluding hydrogens is 248 g/mol. The number of anilines is 1. The zero-order valence-corrected chi connectivity index (χ0v) is 11.1. The summed E-state index contributed by atoms with van der Waals surface area (Å²) in [5.41, 5.74) is 7.66. The molecule has 2 aromatic carbocycles. The van der Waals surface area contributed by atoms with Crippen LogP contribution in [-0.4, -0.2) is 7.11 Å². The molecule has 2 rings (SSSR count). The van der Waals surface area contributed by atoms with E-state index in [1.807, 2.05) is 19.9 Å². The second-order valence-corrected chi connectivity index (χ2v) is 4.51. The fourth-order valence-corrected chi connectivity index (χ4v) is 2.19. The van der Waals surface area contributed by atoms with Gasteiger partial charge in [0, 0.05) is 17.2 Å². The number of rotatable bonds is 2. The van der Waals surface area contributed by atoms with Crippen molar-refractivity contribution >= 4 is 5.69 Å². The summed E-state index contributed by atoms with van der Waals surface area (Å²) in [6.07, 6.45) is 0. The fourth-order valence-electron chi connectivity index (χ4n) is 2.19. The van der Waals surface area contributed by atoms with Gasteiger partial charge in [0.15, 0.2) is 0 Å². The molecule has 0 bridgehead atoms. The van der Waals surface area contributed by atoms with E-state index < -0.39 is 11.6 Å². The molecule has 0 aliphatic carbocycles. The van der Waals surface area contributed by atoms with Crippen LogP contribution in [0.15, 0.2) is 24.3 Å². The van der Waals surface area contributed by atoms with Crippen LogP contribution < -0.4 is 10.5 Å². The van der Waals surface area contributed by atoms with Crippen LogP contribution in [0.4, 0.5) is 14.5 Å². The molecule has 0 amide bonds. The van der Waals surface area contributed by atoms with Gasteiger partial charge in [0.2, 0.25) is 0 Å². The van der Waals surface area contributed by atoms with Crippen LogP contribution in [0.5, 0.6) is 5.75 Å². The first-order chi connectivity index (χ1) is 8.93. The van der Waals surface area contributed by atoms with Gasteiger partial charge < -0.3 is 10.5 Å². The SMILES string of the molecule is COc1cc(C)cc(C)c1-c1cc(F)c(N)cc1F. The highest BCUT2D eigenvalue weighted by atomic mass is 19.1. The van der Waals surface area contributed by atoms with Crippen LogP contribution in [0, 0.1) is 25.5 Å². The molecule has 0 saturated heterocycles. The van der Waals surface area contributed by atoms with Crippen molar-refractivity contribution < 1.29 is 13.5 Å². The predicted molar refractivity (Wildman–Crippen MR) is 72.2 cm³/mol. The lowest BCUT2D eigenvalue weighted by atomic mass is 9.96. The highest BCUT2D eigenvalue weighted by Gasteiger charge is 2.16. The van der Waals surface area contributed by atoms with Gasteiger partial charge in [-0.05, 0) is 37.1 Å². The van der Waals surface area contributed by atoms with E-state index in [2.05, 4.69) is 0 Å². The highest BCUT2D eigenvalue weighted by Crippen LogP contribution is 2.37. The highest BCUT2D eigenvalue weighted by molar-refractivity contribution is 5.76. The number of nitrogen functional groups attached to an aromatic ring is 1. The van der Waals surface area contributed by atoms with Crippen molar-refractivity contribution in [3.8, 4) is 16.9 Å². The van der Waals surface area contributed by atoms with E-state index >= 15 is 0 Å². The molecule has 19 heavy (non-hydrogen) atoms. The van der Waals surface area contributed by atoms with Gasteiger partial charge in [-0.15, -0.1) is 0 Å². The van der Waals surface area contributed by atoms with Gasteiger partial charge >= 0.3 is 0 Å². The van der Waals surface area contributed by atoms with Crippen LogP contribution >= 0.6 is 0 Å². The molecule has 100 valence electrons. The minimum atomic E-state index is -0.640. The summed E-state index contributed by atoms with van der Waals surface area (Å²) in [5.74, 6) is -0.692. The first-order valence-electron chi connectivity index (χ1n) is 5.84. The van der Waals surface area contributed by atoms with E-state index in [0.29, 0.717) is 11.3 Å². The number of ether oxygens (including phenoxy) is 1. The molecule has 0 saturated carbocycles. The maximum atomic E-state index is 14.0. The third-order valence-corrected chi connectivity index (χ3v) is 3.02. The minimum absolute atomic E-state index is 0.154. The molecule has 0 atom stereocenters. The molecule has 0 spiro atoms. The molecule has 0 aromatic heterocycles. The molecule has 0 fully saturated rings. The van der Waals surface area contributed by atoms with E-state index in [9.17, 15) is 8.78 Å². The summed E-state index contributed by atoms with van der Waals surface area (Å²) in [6, 6.07) is 5.77. The van der Waals surface area contributed by atoms with Crippen LogP contribution in [-0.2, 0) is 0 Å². The van der Waals surface area contributed by atoms with Gasteiger partial charge in [-0.2, -0.15) is 0 Å². The second-order valence-electron chi connectivity index (χ2n) is 4.51. The largest absolute Gasteiger partial charge is 0.496 e. The maximum Gasteiger partial charge on any atom is 0.146 e. The molecular formula is C15H15F2NO. The van der Waals surface area contributed by atoms with E-state index in [1.165, 1.54) is 7.11 Å². The summed E-state index contributed by atoms with van der Waals surface area (Å²) >= 11 is 0.